The van der Waals surface area contributed by atoms with E-state index >= 15 is 0 Å². The molecule has 1 aromatic rings. The van der Waals surface area contributed by atoms with Crippen molar-refractivity contribution < 1.29 is 19.7 Å². The Morgan fingerprint density at radius 2 is 1.72 bits per heavy atom. The molecule has 1 aromatic carbocycles. The van der Waals surface area contributed by atoms with E-state index in [1.165, 1.54) is 12.1 Å². The molecule has 0 unspecified atom stereocenters. The SMILES string of the molecule is CCOc1cc(O)cc(OCC)c1C=NCCO. The van der Waals surface area contributed by atoms with E-state index < -0.39 is 0 Å². The molecule has 0 saturated carbocycles. The first-order chi connectivity index (χ1) is 8.72. The zero-order valence-electron chi connectivity index (χ0n) is 10.7. The van der Waals surface area contributed by atoms with Gasteiger partial charge in [-0.15, -0.1) is 0 Å². The molecule has 0 bridgehead atoms. The van der Waals surface area contributed by atoms with Gasteiger partial charge in [0.15, 0.2) is 0 Å². The van der Waals surface area contributed by atoms with E-state index in [0.29, 0.717) is 36.8 Å². The van der Waals surface area contributed by atoms with Crippen LogP contribution in [0, 0.1) is 0 Å². The highest BCUT2D eigenvalue weighted by molar-refractivity contribution is 5.88. The molecule has 0 radical (unpaired) electrons. The highest BCUT2D eigenvalue weighted by atomic mass is 16.5. The largest absolute Gasteiger partial charge is 0.508 e. The summed E-state index contributed by atoms with van der Waals surface area (Å²) in [6, 6.07) is 3.04. The van der Waals surface area contributed by atoms with Crippen LogP contribution in [-0.4, -0.2) is 42.8 Å². The average molecular weight is 253 g/mol. The number of phenolic OH excluding ortho intramolecular Hbond substituents is 1. The zero-order chi connectivity index (χ0) is 13.4. The summed E-state index contributed by atoms with van der Waals surface area (Å²) in [5, 5.41) is 18.3. The lowest BCUT2D eigenvalue weighted by molar-refractivity contribution is 0.306. The number of hydrogen-bond acceptors (Lipinski definition) is 5. The van der Waals surface area contributed by atoms with Crippen LogP contribution in [0.5, 0.6) is 17.2 Å². The Bertz CT molecular complexity index is 377. The minimum Gasteiger partial charge on any atom is -0.508 e. The predicted molar refractivity (Wildman–Crippen MR) is 70.0 cm³/mol. The molecule has 0 aliphatic heterocycles. The molecule has 2 N–H and O–H groups in total. The van der Waals surface area contributed by atoms with Crippen LogP contribution in [0.1, 0.15) is 19.4 Å². The maximum absolute atomic E-state index is 9.60. The zero-order valence-corrected chi connectivity index (χ0v) is 10.7. The summed E-state index contributed by atoms with van der Waals surface area (Å²) in [6.45, 7) is 4.99. The number of rotatable bonds is 7. The lowest BCUT2D eigenvalue weighted by atomic mass is 10.1. The van der Waals surface area contributed by atoms with E-state index in [2.05, 4.69) is 4.99 Å². The van der Waals surface area contributed by atoms with Gasteiger partial charge in [0.25, 0.3) is 0 Å². The van der Waals surface area contributed by atoms with Gasteiger partial charge < -0.3 is 19.7 Å². The molecule has 0 fully saturated rings. The van der Waals surface area contributed by atoms with Crippen LogP contribution in [0.15, 0.2) is 17.1 Å². The number of phenols is 1. The molecule has 0 aliphatic rings. The van der Waals surface area contributed by atoms with Gasteiger partial charge in [-0.05, 0) is 13.8 Å². The Balaban J connectivity index is 3.13. The first kappa shape index (κ1) is 14.3. The summed E-state index contributed by atoms with van der Waals surface area (Å²) in [5.74, 6) is 1.12. The summed E-state index contributed by atoms with van der Waals surface area (Å²) >= 11 is 0. The quantitative estimate of drug-likeness (QED) is 0.724. The van der Waals surface area contributed by atoms with E-state index in [0.717, 1.165) is 0 Å². The third kappa shape index (κ3) is 3.92. The van der Waals surface area contributed by atoms with Crippen molar-refractivity contribution in [1.29, 1.82) is 0 Å². The second kappa shape index (κ2) is 7.55. The molecular weight excluding hydrogens is 234 g/mol. The number of aliphatic hydroxyl groups is 1. The molecule has 0 heterocycles. The fraction of sp³-hybridized carbons (Fsp3) is 0.462. The second-order valence-electron chi connectivity index (χ2n) is 3.48. The average Bonchev–Trinajstić information content (AvgIpc) is 2.33. The van der Waals surface area contributed by atoms with Crippen LogP contribution in [0.4, 0.5) is 0 Å². The Kier molecular flexibility index (Phi) is 6.00. The summed E-state index contributed by atoms with van der Waals surface area (Å²) in [6.07, 6.45) is 1.59. The number of aliphatic hydroxyl groups excluding tert-OH is 1. The maximum atomic E-state index is 9.60. The van der Waals surface area contributed by atoms with Crippen molar-refractivity contribution in [1.82, 2.24) is 0 Å². The maximum Gasteiger partial charge on any atom is 0.135 e. The summed E-state index contributed by atoms with van der Waals surface area (Å²) < 4.78 is 10.9. The van der Waals surface area contributed by atoms with Gasteiger partial charge in [-0.25, -0.2) is 0 Å². The molecule has 5 heteroatoms. The van der Waals surface area contributed by atoms with Crippen molar-refractivity contribution in [3.63, 3.8) is 0 Å². The molecule has 1 rings (SSSR count). The third-order valence-corrected chi connectivity index (χ3v) is 2.14. The minimum absolute atomic E-state index is 0.0114. The van der Waals surface area contributed by atoms with Crippen molar-refractivity contribution in [3.05, 3.63) is 17.7 Å². The van der Waals surface area contributed by atoms with Gasteiger partial charge in [0.1, 0.15) is 17.2 Å². The van der Waals surface area contributed by atoms with E-state index in [-0.39, 0.29) is 12.4 Å². The number of nitrogens with zero attached hydrogens (tertiary/aromatic N) is 1. The summed E-state index contributed by atoms with van der Waals surface area (Å²) in [7, 11) is 0. The van der Waals surface area contributed by atoms with E-state index in [1.54, 1.807) is 6.21 Å². The highest BCUT2D eigenvalue weighted by Gasteiger charge is 2.11. The van der Waals surface area contributed by atoms with Gasteiger partial charge >= 0.3 is 0 Å². The van der Waals surface area contributed by atoms with Gasteiger partial charge in [-0.1, -0.05) is 0 Å². The lowest BCUT2D eigenvalue weighted by Crippen LogP contribution is -2.02. The van der Waals surface area contributed by atoms with Crippen LogP contribution in [0.2, 0.25) is 0 Å². The fourth-order valence-corrected chi connectivity index (χ4v) is 1.48. The summed E-state index contributed by atoms with van der Waals surface area (Å²) in [4.78, 5) is 4.06. The molecule has 0 spiro atoms. The van der Waals surface area contributed by atoms with Crippen molar-refractivity contribution in [2.24, 2.45) is 4.99 Å². The number of ether oxygens (including phenoxy) is 2. The van der Waals surface area contributed by atoms with Crippen molar-refractivity contribution in [2.45, 2.75) is 13.8 Å². The first-order valence-electron chi connectivity index (χ1n) is 5.96. The van der Waals surface area contributed by atoms with Gasteiger partial charge in [-0.3, -0.25) is 4.99 Å². The standard InChI is InChI=1S/C13H19NO4/c1-3-17-12-7-10(16)8-13(18-4-2)11(12)9-14-5-6-15/h7-9,15-16H,3-6H2,1-2H3. The molecule has 0 aliphatic carbocycles. The van der Waals surface area contributed by atoms with Crippen LogP contribution >= 0.6 is 0 Å². The molecule has 0 saturated heterocycles. The molecular formula is C13H19NO4. The molecule has 0 aromatic heterocycles. The van der Waals surface area contributed by atoms with Gasteiger partial charge in [0, 0.05) is 18.3 Å². The molecule has 5 nitrogen and oxygen atoms in total. The van der Waals surface area contributed by atoms with Crippen molar-refractivity contribution in [2.75, 3.05) is 26.4 Å². The Morgan fingerprint density at radius 3 is 2.17 bits per heavy atom. The molecule has 18 heavy (non-hydrogen) atoms. The van der Waals surface area contributed by atoms with Crippen LogP contribution in [0.3, 0.4) is 0 Å². The first-order valence-corrected chi connectivity index (χ1v) is 5.96. The third-order valence-electron chi connectivity index (χ3n) is 2.14. The lowest BCUT2D eigenvalue weighted by Gasteiger charge is -2.13. The predicted octanol–water partition coefficient (Wildman–Crippen LogP) is 1.60. The molecule has 100 valence electrons. The topological polar surface area (TPSA) is 71.3 Å². The number of aliphatic imine (C=N–C) groups is 1. The number of benzene rings is 1. The van der Waals surface area contributed by atoms with Crippen LogP contribution < -0.4 is 9.47 Å². The fourth-order valence-electron chi connectivity index (χ4n) is 1.48. The minimum atomic E-state index is -0.0114. The van der Waals surface area contributed by atoms with Gasteiger partial charge in [0.05, 0.1) is 31.9 Å². The normalized spacial score (nSPS) is 10.8. The monoisotopic (exact) mass is 253 g/mol. The number of aromatic hydroxyl groups is 1. The summed E-state index contributed by atoms with van der Waals surface area (Å²) in [5.41, 5.74) is 0.671. The molecule has 0 atom stereocenters. The second-order valence-corrected chi connectivity index (χ2v) is 3.48. The Hall–Kier alpha value is -1.75. The molecule has 0 amide bonds. The smallest absolute Gasteiger partial charge is 0.135 e. The van der Waals surface area contributed by atoms with E-state index in [1.807, 2.05) is 13.8 Å². The van der Waals surface area contributed by atoms with Crippen molar-refractivity contribution >= 4 is 6.21 Å². The van der Waals surface area contributed by atoms with Crippen LogP contribution in [0.25, 0.3) is 0 Å². The van der Waals surface area contributed by atoms with Crippen LogP contribution in [-0.2, 0) is 0 Å². The van der Waals surface area contributed by atoms with E-state index in [9.17, 15) is 5.11 Å². The number of hydrogen-bond donors (Lipinski definition) is 2. The van der Waals surface area contributed by atoms with Gasteiger partial charge in [-0.2, -0.15) is 0 Å². The van der Waals surface area contributed by atoms with Crippen molar-refractivity contribution in [3.8, 4) is 17.2 Å². The Labute approximate surface area is 107 Å². The highest BCUT2D eigenvalue weighted by Crippen LogP contribution is 2.32. The Morgan fingerprint density at radius 1 is 1.17 bits per heavy atom. The van der Waals surface area contributed by atoms with E-state index in [4.69, 9.17) is 14.6 Å². The van der Waals surface area contributed by atoms with Gasteiger partial charge in [0.2, 0.25) is 0 Å².